The van der Waals surface area contributed by atoms with Gasteiger partial charge in [0.05, 0.1) is 18.1 Å². The van der Waals surface area contributed by atoms with E-state index in [1.807, 2.05) is 35.4 Å². The van der Waals surface area contributed by atoms with Crippen LogP contribution in [0.2, 0.25) is 51.4 Å². The SMILES string of the molecule is CC1(C)O[C@H]2[C@H](c3ccc4c(N(COCC[Si](C)(C)C)COCC[Si](C)(C)C)ncnn34)CC(C=O)(CO)[C@H]2O1. The average molecular weight is 593 g/mol. The average Bonchev–Trinajstić information content (AvgIpc) is 3.51. The number of nitrogens with zero attached hydrogens (tertiary/aromatic N) is 4. The van der Waals surface area contributed by atoms with Crippen molar-refractivity contribution in [1.29, 1.82) is 0 Å². The molecule has 0 aromatic carbocycles. The summed E-state index contributed by atoms with van der Waals surface area (Å²) in [5, 5.41) is 14.9. The van der Waals surface area contributed by atoms with Gasteiger partial charge in [0.2, 0.25) is 0 Å². The van der Waals surface area contributed by atoms with E-state index in [0.29, 0.717) is 33.1 Å². The Morgan fingerprint density at radius 1 is 1.07 bits per heavy atom. The molecule has 3 heterocycles. The predicted molar refractivity (Wildman–Crippen MR) is 160 cm³/mol. The van der Waals surface area contributed by atoms with E-state index in [1.165, 1.54) is 0 Å². The monoisotopic (exact) mass is 592 g/mol. The topological polar surface area (TPSA) is 108 Å². The van der Waals surface area contributed by atoms with Crippen molar-refractivity contribution in [2.75, 3.05) is 38.2 Å². The summed E-state index contributed by atoms with van der Waals surface area (Å²) in [5.41, 5.74) is 0.692. The standard InChI is InChI=1S/C28H48N4O6Si2/c1-27(2)37-24-21(15-28(16-33,17-34)25(24)38-27)22-9-10-23-26(29-18-30-32(22)23)31(19-35-11-13-39(3,4)5)20-36-12-14-40(6,7)8/h9-10,16,18,21,24-25,34H,11-15,17,19-20H2,1-8H3/t21-,24-,25-,28?/m0/s1. The quantitative estimate of drug-likeness (QED) is 0.148. The molecule has 1 aliphatic heterocycles. The van der Waals surface area contributed by atoms with Gasteiger partial charge < -0.3 is 33.7 Å². The summed E-state index contributed by atoms with van der Waals surface area (Å²) in [6.07, 6.45) is 1.88. The second-order valence-electron chi connectivity index (χ2n) is 14.2. The van der Waals surface area contributed by atoms with Crippen LogP contribution >= 0.6 is 0 Å². The number of carbonyl (C=O) groups is 1. The molecule has 224 valence electrons. The second kappa shape index (κ2) is 11.9. The number of aliphatic hydroxyl groups excluding tert-OH is 1. The van der Waals surface area contributed by atoms with Crippen LogP contribution in [0.4, 0.5) is 5.82 Å². The maximum absolute atomic E-state index is 12.3. The summed E-state index contributed by atoms with van der Waals surface area (Å²) in [7, 11) is -2.44. The summed E-state index contributed by atoms with van der Waals surface area (Å²) >= 11 is 0. The van der Waals surface area contributed by atoms with Crippen LogP contribution in [0, 0.1) is 5.41 Å². The zero-order valence-electron chi connectivity index (χ0n) is 25.5. The molecule has 2 aromatic rings. The van der Waals surface area contributed by atoms with Gasteiger partial charge in [-0.25, -0.2) is 9.50 Å². The van der Waals surface area contributed by atoms with E-state index in [-0.39, 0.29) is 18.6 Å². The smallest absolute Gasteiger partial charge is 0.163 e. The molecule has 1 unspecified atom stereocenters. The Balaban J connectivity index is 1.61. The number of aromatic nitrogens is 3. The van der Waals surface area contributed by atoms with Gasteiger partial charge in [0.15, 0.2) is 11.6 Å². The van der Waals surface area contributed by atoms with Crippen molar-refractivity contribution in [3.05, 3.63) is 24.2 Å². The van der Waals surface area contributed by atoms with Gasteiger partial charge >= 0.3 is 0 Å². The summed E-state index contributed by atoms with van der Waals surface area (Å²) in [6, 6.07) is 6.17. The van der Waals surface area contributed by atoms with Crippen LogP contribution in [-0.4, -0.2) is 93.4 Å². The first-order valence-corrected chi connectivity index (χ1v) is 21.8. The van der Waals surface area contributed by atoms with Gasteiger partial charge in [-0.15, -0.1) is 0 Å². The van der Waals surface area contributed by atoms with Gasteiger partial charge in [-0.05, 0) is 44.5 Å². The van der Waals surface area contributed by atoms with E-state index in [4.69, 9.17) is 18.9 Å². The Morgan fingerprint density at radius 2 is 1.70 bits per heavy atom. The highest BCUT2D eigenvalue weighted by molar-refractivity contribution is 6.76. The molecule has 4 atom stereocenters. The van der Waals surface area contributed by atoms with Gasteiger partial charge in [0.25, 0.3) is 0 Å². The molecule has 12 heteroatoms. The lowest BCUT2D eigenvalue weighted by Gasteiger charge is -2.28. The van der Waals surface area contributed by atoms with E-state index in [2.05, 4.69) is 49.4 Å². The Hall–Kier alpha value is -1.68. The molecule has 4 rings (SSSR count). The van der Waals surface area contributed by atoms with E-state index in [9.17, 15) is 9.90 Å². The Morgan fingerprint density at radius 3 is 2.25 bits per heavy atom. The number of hydrogen-bond acceptors (Lipinski definition) is 9. The summed E-state index contributed by atoms with van der Waals surface area (Å²) in [6.45, 7) is 19.6. The van der Waals surface area contributed by atoms with Crippen LogP contribution in [0.3, 0.4) is 0 Å². The predicted octanol–water partition coefficient (Wildman–Crippen LogP) is 4.35. The normalized spacial score (nSPS) is 26.4. The number of anilines is 1. The maximum Gasteiger partial charge on any atom is 0.163 e. The molecular weight excluding hydrogens is 545 g/mol. The van der Waals surface area contributed by atoms with Gasteiger partial charge in [0, 0.05) is 41.0 Å². The third-order valence-corrected chi connectivity index (χ3v) is 11.3. The van der Waals surface area contributed by atoms with Crippen molar-refractivity contribution in [2.24, 2.45) is 5.41 Å². The third-order valence-electron chi connectivity index (χ3n) is 7.85. The lowest BCUT2D eigenvalue weighted by Crippen LogP contribution is -2.40. The van der Waals surface area contributed by atoms with Crippen molar-refractivity contribution in [3.63, 3.8) is 0 Å². The van der Waals surface area contributed by atoms with Crippen molar-refractivity contribution >= 4 is 33.8 Å². The molecule has 2 aromatic heterocycles. The third kappa shape index (κ3) is 7.02. The number of fused-ring (bicyclic) bond motifs is 2. The Bertz CT molecular complexity index is 1140. The minimum Gasteiger partial charge on any atom is -0.395 e. The molecule has 1 saturated heterocycles. The van der Waals surface area contributed by atoms with Crippen LogP contribution in [0.1, 0.15) is 31.9 Å². The van der Waals surface area contributed by atoms with Crippen molar-refractivity contribution in [1.82, 2.24) is 14.6 Å². The number of carbonyl (C=O) groups excluding carboxylic acids is 1. The van der Waals surface area contributed by atoms with Gasteiger partial charge in [-0.1, -0.05) is 39.3 Å². The number of aliphatic hydroxyl groups is 1. The first-order valence-electron chi connectivity index (χ1n) is 14.3. The van der Waals surface area contributed by atoms with Crippen molar-refractivity contribution in [2.45, 2.75) is 95.6 Å². The molecule has 0 amide bonds. The fourth-order valence-corrected chi connectivity index (χ4v) is 6.99. The minimum atomic E-state index is -1.22. The highest BCUT2D eigenvalue weighted by Crippen LogP contribution is 2.54. The number of rotatable bonds is 14. The van der Waals surface area contributed by atoms with Gasteiger partial charge in [-0.3, -0.25) is 0 Å². The zero-order valence-corrected chi connectivity index (χ0v) is 27.5. The van der Waals surface area contributed by atoms with Crippen molar-refractivity contribution in [3.8, 4) is 0 Å². The first-order chi connectivity index (χ1) is 18.7. The van der Waals surface area contributed by atoms with E-state index in [0.717, 1.165) is 35.4 Å². The van der Waals surface area contributed by atoms with Crippen LogP contribution in [0.15, 0.2) is 18.5 Å². The molecular formula is C28H48N4O6Si2. The van der Waals surface area contributed by atoms with Crippen molar-refractivity contribution < 1.29 is 28.8 Å². The lowest BCUT2D eigenvalue weighted by molar-refractivity contribution is -0.170. The Kier molecular flexibility index (Phi) is 9.30. The molecule has 0 bridgehead atoms. The lowest BCUT2D eigenvalue weighted by atomic mass is 9.85. The largest absolute Gasteiger partial charge is 0.395 e. The summed E-state index contributed by atoms with van der Waals surface area (Å²) in [4.78, 5) is 18.9. The number of hydrogen-bond donors (Lipinski definition) is 1. The molecule has 0 spiro atoms. The molecule has 1 aliphatic carbocycles. The van der Waals surface area contributed by atoms with E-state index < -0.39 is 33.5 Å². The van der Waals surface area contributed by atoms with Crippen LogP contribution in [0.5, 0.6) is 0 Å². The van der Waals surface area contributed by atoms with Gasteiger partial charge in [0.1, 0.15) is 37.7 Å². The van der Waals surface area contributed by atoms with Crippen LogP contribution in [-0.2, 0) is 23.7 Å². The molecule has 0 radical (unpaired) electrons. The summed E-state index contributed by atoms with van der Waals surface area (Å²) < 4.78 is 26.6. The Labute approximate surface area is 240 Å². The second-order valence-corrected chi connectivity index (χ2v) is 25.5. The van der Waals surface area contributed by atoms with Crippen LogP contribution in [0.25, 0.3) is 5.52 Å². The van der Waals surface area contributed by atoms with E-state index >= 15 is 0 Å². The molecule has 10 nitrogen and oxygen atoms in total. The zero-order chi connectivity index (χ0) is 29.3. The minimum absolute atomic E-state index is 0.191. The number of ether oxygens (including phenoxy) is 4. The van der Waals surface area contributed by atoms with Crippen LogP contribution < -0.4 is 4.90 Å². The fraction of sp³-hybridized carbons (Fsp3) is 0.750. The molecule has 2 aliphatic rings. The molecule has 40 heavy (non-hydrogen) atoms. The highest BCUT2D eigenvalue weighted by Gasteiger charge is 2.62. The number of aldehydes is 1. The maximum atomic E-state index is 12.3. The van der Waals surface area contributed by atoms with E-state index in [1.54, 1.807) is 6.33 Å². The molecule has 1 N–H and O–H groups in total. The fourth-order valence-electron chi connectivity index (χ4n) is 5.48. The molecule has 1 saturated carbocycles. The first kappa shape index (κ1) is 31.3. The summed E-state index contributed by atoms with van der Waals surface area (Å²) in [5.74, 6) is -0.310. The molecule has 2 fully saturated rings. The van der Waals surface area contributed by atoms with Gasteiger partial charge in [-0.2, -0.15) is 5.10 Å². The highest BCUT2D eigenvalue weighted by atomic mass is 28.3.